The number of rotatable bonds is 3. The number of hydrogen-bond donors (Lipinski definition) is 0. The van der Waals surface area contributed by atoms with Gasteiger partial charge in [-0.2, -0.15) is 0 Å². The number of Topliss-reactive ketones (excluding diaryl/α,β-unsaturated/α-hetero) is 1. The monoisotopic (exact) mass is 430 g/mol. The minimum Gasteiger partial charge on any atom is -0.452 e. The van der Waals surface area contributed by atoms with Crippen LogP contribution in [0.25, 0.3) is 17.0 Å². The van der Waals surface area contributed by atoms with E-state index in [4.69, 9.17) is 25.5 Å². The van der Waals surface area contributed by atoms with Crippen LogP contribution in [-0.2, 0) is 0 Å². The highest BCUT2D eigenvalue weighted by molar-refractivity contribution is 6.30. The molecular weight excluding hydrogens is 416 g/mol. The minimum atomic E-state index is -0.628. The molecule has 31 heavy (non-hydrogen) atoms. The van der Waals surface area contributed by atoms with Crippen molar-refractivity contribution in [3.05, 3.63) is 100.0 Å². The molecule has 0 fully saturated rings. The summed E-state index contributed by atoms with van der Waals surface area (Å²) in [5, 5.41) is 1.42. The van der Waals surface area contributed by atoms with Crippen molar-refractivity contribution >= 4 is 40.4 Å². The zero-order chi connectivity index (χ0) is 21.5. The number of esters is 1. The number of ether oxygens (including phenoxy) is 2. The van der Waals surface area contributed by atoms with Crippen LogP contribution < -0.4 is 9.47 Å². The number of halogens is 1. The van der Waals surface area contributed by atoms with Gasteiger partial charge in [-0.15, -0.1) is 0 Å². The number of furan rings is 1. The number of benzene rings is 3. The highest BCUT2D eigenvalue weighted by Gasteiger charge is 2.30. The van der Waals surface area contributed by atoms with E-state index in [2.05, 4.69) is 0 Å². The molecule has 0 unspecified atom stereocenters. The molecule has 152 valence electrons. The van der Waals surface area contributed by atoms with Crippen LogP contribution in [0.15, 0.2) is 76.9 Å². The Morgan fingerprint density at radius 1 is 1.03 bits per heavy atom. The van der Waals surface area contributed by atoms with Gasteiger partial charge in [-0.05, 0) is 54.5 Å². The van der Waals surface area contributed by atoms with Crippen molar-refractivity contribution in [2.75, 3.05) is 0 Å². The van der Waals surface area contributed by atoms with Gasteiger partial charge in [0.1, 0.15) is 17.1 Å². The highest BCUT2D eigenvalue weighted by Crippen LogP contribution is 2.38. The van der Waals surface area contributed by atoms with Gasteiger partial charge in [0.05, 0.1) is 5.56 Å². The molecular formula is C25H15ClO5. The average molecular weight is 431 g/mol. The lowest BCUT2D eigenvalue weighted by molar-refractivity contribution is 0.0703. The van der Waals surface area contributed by atoms with Gasteiger partial charge in [0.25, 0.3) is 0 Å². The van der Waals surface area contributed by atoms with Gasteiger partial charge >= 0.3 is 5.97 Å². The molecule has 1 aliphatic rings. The fourth-order valence-corrected chi connectivity index (χ4v) is 3.61. The average Bonchev–Trinajstić information content (AvgIpc) is 3.31. The summed E-state index contributed by atoms with van der Waals surface area (Å²) in [7, 11) is 0. The maximum atomic E-state index is 12.8. The standard InChI is InChI=1S/C25H15ClO5/c1-14-10-18(29-25(28)22-12-16-4-2-3-5-19(16)30-22)13-20-23(14)24(27)21(31-20)11-15-6-8-17(26)9-7-15/h2-13H,1H3/b21-11-. The Labute approximate surface area is 182 Å². The van der Waals surface area contributed by atoms with E-state index in [1.165, 1.54) is 6.07 Å². The lowest BCUT2D eigenvalue weighted by atomic mass is 10.0. The first-order valence-electron chi connectivity index (χ1n) is 9.53. The van der Waals surface area contributed by atoms with Crippen LogP contribution in [-0.4, -0.2) is 11.8 Å². The number of ketones is 1. The largest absolute Gasteiger partial charge is 0.452 e. The van der Waals surface area contributed by atoms with Crippen LogP contribution in [0.3, 0.4) is 0 Å². The molecule has 0 saturated heterocycles. The fraction of sp³-hybridized carbons (Fsp3) is 0.0400. The minimum absolute atomic E-state index is 0.0969. The molecule has 5 nitrogen and oxygen atoms in total. The van der Waals surface area contributed by atoms with E-state index in [1.54, 1.807) is 55.5 Å². The molecule has 0 radical (unpaired) electrons. The predicted molar refractivity (Wildman–Crippen MR) is 117 cm³/mol. The Bertz CT molecular complexity index is 1350. The molecule has 1 aromatic heterocycles. The van der Waals surface area contributed by atoms with Crippen molar-refractivity contribution in [1.29, 1.82) is 0 Å². The first-order chi connectivity index (χ1) is 15.0. The number of fused-ring (bicyclic) bond motifs is 2. The zero-order valence-electron chi connectivity index (χ0n) is 16.3. The first-order valence-corrected chi connectivity index (χ1v) is 9.91. The summed E-state index contributed by atoms with van der Waals surface area (Å²) in [5.41, 5.74) is 2.48. The fourth-order valence-electron chi connectivity index (χ4n) is 3.49. The number of para-hydroxylation sites is 1. The van der Waals surface area contributed by atoms with Gasteiger partial charge in [-0.3, -0.25) is 4.79 Å². The van der Waals surface area contributed by atoms with E-state index in [0.29, 0.717) is 27.5 Å². The number of hydrogen-bond acceptors (Lipinski definition) is 5. The molecule has 5 rings (SSSR count). The quantitative estimate of drug-likeness (QED) is 0.219. The van der Waals surface area contributed by atoms with Crippen molar-refractivity contribution in [2.45, 2.75) is 6.92 Å². The Morgan fingerprint density at radius 2 is 1.81 bits per heavy atom. The summed E-state index contributed by atoms with van der Waals surface area (Å²) in [4.78, 5) is 25.3. The van der Waals surface area contributed by atoms with Crippen LogP contribution in [0, 0.1) is 6.92 Å². The Balaban J connectivity index is 1.41. The third-order valence-corrected chi connectivity index (χ3v) is 5.20. The topological polar surface area (TPSA) is 65.7 Å². The molecule has 4 aromatic rings. The van der Waals surface area contributed by atoms with Gasteiger partial charge in [-0.25, -0.2) is 4.79 Å². The van der Waals surface area contributed by atoms with Crippen molar-refractivity contribution in [3.8, 4) is 11.5 Å². The number of aryl methyl sites for hydroxylation is 1. The Morgan fingerprint density at radius 3 is 2.58 bits per heavy atom. The maximum absolute atomic E-state index is 12.8. The van der Waals surface area contributed by atoms with E-state index in [9.17, 15) is 9.59 Å². The molecule has 1 aliphatic heterocycles. The molecule has 3 aromatic carbocycles. The van der Waals surface area contributed by atoms with Crippen LogP contribution in [0.4, 0.5) is 0 Å². The van der Waals surface area contributed by atoms with Crippen LogP contribution in [0.1, 0.15) is 32.0 Å². The number of carbonyl (C=O) groups is 2. The predicted octanol–water partition coefficient (Wildman–Crippen LogP) is 6.23. The molecule has 0 saturated carbocycles. The van der Waals surface area contributed by atoms with E-state index in [-0.39, 0.29) is 23.1 Å². The number of allylic oxidation sites excluding steroid dienone is 1. The van der Waals surface area contributed by atoms with Crippen LogP contribution in [0.5, 0.6) is 11.5 Å². The molecule has 0 spiro atoms. The van der Waals surface area contributed by atoms with Crippen molar-refractivity contribution in [1.82, 2.24) is 0 Å². The summed E-state index contributed by atoms with van der Waals surface area (Å²) >= 11 is 5.91. The second-order valence-electron chi connectivity index (χ2n) is 7.14. The SMILES string of the molecule is Cc1cc(OC(=O)c2cc3ccccc3o2)cc2c1C(=O)/C(=C/c1ccc(Cl)cc1)O2. The Kier molecular flexibility index (Phi) is 4.60. The van der Waals surface area contributed by atoms with Gasteiger partial charge in [0.15, 0.2) is 5.76 Å². The summed E-state index contributed by atoms with van der Waals surface area (Å²) in [5.74, 6) is 0.0511. The first kappa shape index (κ1) is 19.2. The van der Waals surface area contributed by atoms with Crippen LogP contribution >= 0.6 is 11.6 Å². The van der Waals surface area contributed by atoms with Gasteiger partial charge < -0.3 is 13.9 Å². The van der Waals surface area contributed by atoms with E-state index in [1.807, 2.05) is 18.2 Å². The third kappa shape index (κ3) is 3.60. The van der Waals surface area contributed by atoms with Gasteiger partial charge in [-0.1, -0.05) is 41.9 Å². The molecule has 0 N–H and O–H groups in total. The lowest BCUT2D eigenvalue weighted by Crippen LogP contribution is -2.07. The summed E-state index contributed by atoms with van der Waals surface area (Å²) in [6.45, 7) is 1.77. The van der Waals surface area contributed by atoms with Crippen molar-refractivity contribution in [2.24, 2.45) is 0 Å². The second kappa shape index (κ2) is 7.45. The summed E-state index contributed by atoms with van der Waals surface area (Å²) < 4.78 is 16.8. The smallest absolute Gasteiger partial charge is 0.379 e. The molecule has 6 heteroatoms. The van der Waals surface area contributed by atoms with Crippen LogP contribution in [0.2, 0.25) is 5.02 Å². The van der Waals surface area contributed by atoms with Crippen molar-refractivity contribution < 1.29 is 23.5 Å². The van der Waals surface area contributed by atoms with E-state index >= 15 is 0 Å². The Hall–Kier alpha value is -3.83. The summed E-state index contributed by atoms with van der Waals surface area (Å²) in [6.07, 6.45) is 1.65. The normalized spacial score (nSPS) is 14.0. The molecule has 0 atom stereocenters. The lowest BCUT2D eigenvalue weighted by Gasteiger charge is -2.06. The van der Waals surface area contributed by atoms with Gasteiger partial charge in [0, 0.05) is 16.5 Å². The zero-order valence-corrected chi connectivity index (χ0v) is 17.1. The molecule has 0 bridgehead atoms. The molecule has 0 amide bonds. The van der Waals surface area contributed by atoms with Gasteiger partial charge in [0.2, 0.25) is 11.5 Å². The summed E-state index contributed by atoms with van der Waals surface area (Å²) in [6, 6.07) is 19.2. The third-order valence-electron chi connectivity index (χ3n) is 4.95. The van der Waals surface area contributed by atoms with E-state index < -0.39 is 5.97 Å². The molecule has 2 heterocycles. The number of carbonyl (C=O) groups excluding carboxylic acids is 2. The maximum Gasteiger partial charge on any atom is 0.379 e. The van der Waals surface area contributed by atoms with E-state index in [0.717, 1.165) is 10.9 Å². The molecule has 0 aliphatic carbocycles. The highest BCUT2D eigenvalue weighted by atomic mass is 35.5. The second-order valence-corrected chi connectivity index (χ2v) is 7.58. The van der Waals surface area contributed by atoms with Crippen molar-refractivity contribution in [3.63, 3.8) is 0 Å².